The van der Waals surface area contributed by atoms with Crippen LogP contribution in [0.3, 0.4) is 0 Å². The van der Waals surface area contributed by atoms with Crippen molar-refractivity contribution >= 4 is 35.3 Å². The molecular formula is C17H16ClN3O3. The summed E-state index contributed by atoms with van der Waals surface area (Å²) in [5.74, 6) is -0.663. The van der Waals surface area contributed by atoms with Gasteiger partial charge in [0, 0.05) is 29.1 Å². The third kappa shape index (κ3) is 5.73. The minimum Gasteiger partial charge on any atom is -0.507 e. The summed E-state index contributed by atoms with van der Waals surface area (Å²) in [5, 5.41) is 16.5. The van der Waals surface area contributed by atoms with Crippen molar-refractivity contribution in [2.45, 2.75) is 12.8 Å². The van der Waals surface area contributed by atoms with Gasteiger partial charge in [-0.05, 0) is 30.3 Å². The summed E-state index contributed by atoms with van der Waals surface area (Å²) in [6.07, 6.45) is 1.32. The number of halogens is 1. The lowest BCUT2D eigenvalue weighted by Crippen LogP contribution is -2.20. The van der Waals surface area contributed by atoms with Gasteiger partial charge in [-0.3, -0.25) is 9.59 Å². The molecule has 0 saturated heterocycles. The van der Waals surface area contributed by atoms with Crippen LogP contribution in [-0.2, 0) is 9.59 Å². The van der Waals surface area contributed by atoms with Gasteiger partial charge in [0.25, 0.3) is 0 Å². The second-order valence-electron chi connectivity index (χ2n) is 4.91. The Morgan fingerprint density at radius 3 is 2.54 bits per heavy atom. The fourth-order valence-corrected chi connectivity index (χ4v) is 2.01. The highest BCUT2D eigenvalue weighted by Crippen LogP contribution is 2.19. The number of phenolic OH excluding ortho intramolecular Hbond substituents is 1. The monoisotopic (exact) mass is 345 g/mol. The summed E-state index contributed by atoms with van der Waals surface area (Å²) in [6, 6.07) is 13.5. The number of phenols is 1. The number of nitrogens with zero attached hydrogens (tertiary/aromatic N) is 1. The number of anilines is 1. The van der Waals surface area contributed by atoms with Crippen molar-refractivity contribution in [3.63, 3.8) is 0 Å². The largest absolute Gasteiger partial charge is 0.507 e. The zero-order valence-electron chi connectivity index (χ0n) is 12.7. The van der Waals surface area contributed by atoms with Crippen LogP contribution in [0.15, 0.2) is 53.6 Å². The van der Waals surface area contributed by atoms with Crippen LogP contribution >= 0.6 is 11.6 Å². The third-order valence-electron chi connectivity index (χ3n) is 3.02. The van der Waals surface area contributed by atoms with Crippen LogP contribution in [0.2, 0.25) is 5.02 Å². The Kier molecular flexibility index (Phi) is 6.33. The maximum absolute atomic E-state index is 11.7. The molecular weight excluding hydrogens is 330 g/mol. The van der Waals surface area contributed by atoms with Gasteiger partial charge >= 0.3 is 0 Å². The lowest BCUT2D eigenvalue weighted by atomic mass is 10.2. The van der Waals surface area contributed by atoms with Crippen molar-refractivity contribution in [3.8, 4) is 5.75 Å². The molecule has 2 amide bonds. The Morgan fingerprint density at radius 2 is 1.79 bits per heavy atom. The molecule has 24 heavy (non-hydrogen) atoms. The number of carbonyl (C=O) groups excluding carboxylic acids is 2. The smallest absolute Gasteiger partial charge is 0.240 e. The summed E-state index contributed by atoms with van der Waals surface area (Å²) in [4.78, 5) is 23.4. The highest BCUT2D eigenvalue weighted by Gasteiger charge is 2.06. The molecule has 124 valence electrons. The lowest BCUT2D eigenvalue weighted by molar-refractivity contribution is -0.124. The number of nitrogens with one attached hydrogen (secondary N) is 2. The molecule has 2 aromatic carbocycles. The highest BCUT2D eigenvalue weighted by molar-refractivity contribution is 6.30. The molecule has 3 N–H and O–H groups in total. The van der Waals surface area contributed by atoms with Gasteiger partial charge in [0.15, 0.2) is 0 Å². The van der Waals surface area contributed by atoms with Crippen LogP contribution in [0.5, 0.6) is 5.75 Å². The first-order valence-electron chi connectivity index (χ1n) is 7.20. The second-order valence-corrected chi connectivity index (χ2v) is 5.35. The van der Waals surface area contributed by atoms with Gasteiger partial charge in [-0.1, -0.05) is 29.8 Å². The molecule has 0 aliphatic heterocycles. The predicted octanol–water partition coefficient (Wildman–Crippen LogP) is 2.91. The van der Waals surface area contributed by atoms with Crippen molar-refractivity contribution in [1.82, 2.24) is 5.43 Å². The van der Waals surface area contributed by atoms with Gasteiger partial charge in [0.2, 0.25) is 11.8 Å². The number of hydrogen-bond acceptors (Lipinski definition) is 4. The number of benzene rings is 2. The second kappa shape index (κ2) is 8.69. The van der Waals surface area contributed by atoms with E-state index in [1.807, 2.05) is 18.2 Å². The number of amides is 2. The molecule has 0 aliphatic carbocycles. The van der Waals surface area contributed by atoms with E-state index in [9.17, 15) is 14.7 Å². The normalized spacial score (nSPS) is 10.5. The summed E-state index contributed by atoms with van der Waals surface area (Å²) in [7, 11) is 0. The lowest BCUT2D eigenvalue weighted by Gasteiger charge is -2.04. The van der Waals surface area contributed by atoms with E-state index in [0.29, 0.717) is 16.3 Å². The van der Waals surface area contributed by atoms with Crippen molar-refractivity contribution in [2.75, 3.05) is 5.32 Å². The van der Waals surface area contributed by atoms with Crippen molar-refractivity contribution in [1.29, 1.82) is 0 Å². The molecule has 0 atom stereocenters. The van der Waals surface area contributed by atoms with E-state index in [0.717, 1.165) is 0 Å². The van der Waals surface area contributed by atoms with Crippen LogP contribution in [0.25, 0.3) is 0 Å². The van der Waals surface area contributed by atoms with E-state index in [1.165, 1.54) is 24.4 Å². The molecule has 0 saturated carbocycles. The molecule has 0 aromatic heterocycles. The van der Waals surface area contributed by atoms with Crippen molar-refractivity contribution < 1.29 is 14.7 Å². The zero-order chi connectivity index (χ0) is 17.4. The first kappa shape index (κ1) is 17.5. The van der Waals surface area contributed by atoms with E-state index >= 15 is 0 Å². The Balaban J connectivity index is 1.76. The van der Waals surface area contributed by atoms with Gasteiger partial charge in [-0.25, -0.2) is 5.43 Å². The molecule has 7 heteroatoms. The van der Waals surface area contributed by atoms with E-state index in [4.69, 9.17) is 11.6 Å². The topological polar surface area (TPSA) is 90.8 Å². The maximum Gasteiger partial charge on any atom is 0.240 e. The molecule has 0 heterocycles. The number of hydrazone groups is 1. The molecule has 2 rings (SSSR count). The van der Waals surface area contributed by atoms with Gasteiger partial charge < -0.3 is 10.4 Å². The van der Waals surface area contributed by atoms with Crippen LogP contribution < -0.4 is 10.7 Å². The van der Waals surface area contributed by atoms with Crippen molar-refractivity contribution in [3.05, 3.63) is 59.1 Å². The summed E-state index contributed by atoms with van der Waals surface area (Å²) < 4.78 is 0. The zero-order valence-corrected chi connectivity index (χ0v) is 13.5. The van der Waals surface area contributed by atoms with E-state index < -0.39 is 5.91 Å². The number of hydrogen-bond donors (Lipinski definition) is 3. The number of para-hydroxylation sites is 1. The molecule has 0 radical (unpaired) electrons. The molecule has 0 aliphatic rings. The number of aromatic hydroxyl groups is 1. The van der Waals surface area contributed by atoms with E-state index in [2.05, 4.69) is 15.8 Å². The predicted molar refractivity (Wildman–Crippen MR) is 93.2 cm³/mol. The summed E-state index contributed by atoms with van der Waals surface area (Å²) >= 11 is 5.80. The summed E-state index contributed by atoms with van der Waals surface area (Å²) in [5.41, 5.74) is 3.35. The molecule has 0 fully saturated rings. The maximum atomic E-state index is 11.7. The Labute approximate surface area is 144 Å². The standard InChI is InChI=1S/C17H16ClN3O3/c18-13-6-7-15(22)12(10-13)11-19-21-17(24)9-8-16(23)20-14-4-2-1-3-5-14/h1-7,10-11,22H,8-9H2,(H,20,23)(H,21,24)/b19-11+. The molecule has 0 spiro atoms. The van der Waals surface area contributed by atoms with E-state index in [1.54, 1.807) is 12.1 Å². The first-order chi connectivity index (χ1) is 11.5. The fraction of sp³-hybridized carbons (Fsp3) is 0.118. The van der Waals surface area contributed by atoms with Gasteiger partial charge in [-0.2, -0.15) is 5.10 Å². The fourth-order valence-electron chi connectivity index (χ4n) is 1.83. The SMILES string of the molecule is O=C(CCC(=O)Nc1ccccc1)N/N=C/c1cc(Cl)ccc1O. The first-order valence-corrected chi connectivity index (χ1v) is 7.58. The average molecular weight is 346 g/mol. The molecule has 2 aromatic rings. The number of carbonyl (C=O) groups is 2. The molecule has 0 bridgehead atoms. The highest BCUT2D eigenvalue weighted by atomic mass is 35.5. The Hall–Kier alpha value is -2.86. The average Bonchev–Trinajstić information content (AvgIpc) is 2.57. The minimum atomic E-state index is -0.407. The Morgan fingerprint density at radius 1 is 1.08 bits per heavy atom. The van der Waals surface area contributed by atoms with E-state index in [-0.39, 0.29) is 24.5 Å². The third-order valence-corrected chi connectivity index (χ3v) is 3.25. The molecule has 0 unspecified atom stereocenters. The Bertz CT molecular complexity index is 748. The van der Waals surface area contributed by atoms with Crippen LogP contribution in [0, 0.1) is 0 Å². The van der Waals surface area contributed by atoms with Gasteiger partial charge in [-0.15, -0.1) is 0 Å². The quantitative estimate of drug-likeness (QED) is 0.555. The van der Waals surface area contributed by atoms with Crippen LogP contribution in [0.1, 0.15) is 18.4 Å². The minimum absolute atomic E-state index is 0.000335. The van der Waals surface area contributed by atoms with Gasteiger partial charge in [0.1, 0.15) is 5.75 Å². The summed E-state index contributed by atoms with van der Waals surface area (Å²) in [6.45, 7) is 0. The number of rotatable bonds is 6. The van der Waals surface area contributed by atoms with Crippen LogP contribution in [0.4, 0.5) is 5.69 Å². The van der Waals surface area contributed by atoms with Crippen molar-refractivity contribution in [2.24, 2.45) is 5.10 Å². The van der Waals surface area contributed by atoms with Crippen LogP contribution in [-0.4, -0.2) is 23.1 Å². The van der Waals surface area contributed by atoms with Gasteiger partial charge in [0.05, 0.1) is 6.21 Å². The molecule has 6 nitrogen and oxygen atoms in total.